The zero-order valence-corrected chi connectivity index (χ0v) is 11.5. The van der Waals surface area contributed by atoms with Crippen molar-refractivity contribution in [1.29, 1.82) is 0 Å². The normalized spacial score (nSPS) is 10.5. The number of rotatable bonds is 4. The first kappa shape index (κ1) is 13.3. The second-order valence-corrected chi connectivity index (χ2v) is 4.61. The summed E-state index contributed by atoms with van der Waals surface area (Å²) in [5.41, 5.74) is 1.11. The van der Waals surface area contributed by atoms with Gasteiger partial charge in [0.2, 0.25) is 11.7 Å². The maximum absolute atomic E-state index is 11.7. The molecule has 0 radical (unpaired) electrons. The van der Waals surface area contributed by atoms with Gasteiger partial charge in [-0.05, 0) is 18.2 Å². The van der Waals surface area contributed by atoms with Crippen LogP contribution in [0.5, 0.6) is 0 Å². The second kappa shape index (κ2) is 5.76. The van der Waals surface area contributed by atoms with Crippen LogP contribution in [0.2, 0.25) is 5.02 Å². The number of carbonyl (C=O) groups excluding carboxylic acids is 1. The zero-order chi connectivity index (χ0) is 14.7. The Hall–Kier alpha value is -2.67. The van der Waals surface area contributed by atoms with Gasteiger partial charge in [-0.2, -0.15) is 10.1 Å². The van der Waals surface area contributed by atoms with Crippen LogP contribution >= 0.6 is 11.6 Å². The average molecular weight is 304 g/mol. The number of hydrogen-bond acceptors (Lipinski definition) is 5. The van der Waals surface area contributed by atoms with Crippen molar-refractivity contribution in [1.82, 2.24) is 25.7 Å². The third kappa shape index (κ3) is 3.09. The predicted octanol–water partition coefficient (Wildman–Crippen LogP) is 2.04. The van der Waals surface area contributed by atoms with Gasteiger partial charge in [0.05, 0.1) is 6.54 Å². The van der Waals surface area contributed by atoms with Gasteiger partial charge in [0.15, 0.2) is 0 Å². The molecule has 2 N–H and O–H groups in total. The van der Waals surface area contributed by atoms with Gasteiger partial charge in [0.1, 0.15) is 5.69 Å². The minimum absolute atomic E-state index is 0.130. The molecule has 0 spiro atoms. The van der Waals surface area contributed by atoms with Crippen LogP contribution in [0.3, 0.4) is 0 Å². The van der Waals surface area contributed by atoms with E-state index in [-0.39, 0.29) is 12.5 Å². The molecule has 3 rings (SSSR count). The highest BCUT2D eigenvalue weighted by atomic mass is 35.5. The third-order valence-corrected chi connectivity index (χ3v) is 2.93. The van der Waals surface area contributed by atoms with Gasteiger partial charge in [0, 0.05) is 16.8 Å². The SMILES string of the molecule is O=C(NCc1nc(-c2cccc(Cl)c2)no1)c1ccn[nH]1. The zero-order valence-electron chi connectivity index (χ0n) is 10.7. The Bertz CT molecular complexity index is 754. The number of aromatic nitrogens is 4. The minimum Gasteiger partial charge on any atom is -0.342 e. The summed E-state index contributed by atoms with van der Waals surface area (Å²) in [6.45, 7) is 0.130. The molecule has 0 saturated carbocycles. The van der Waals surface area contributed by atoms with Crippen molar-refractivity contribution in [2.24, 2.45) is 0 Å². The van der Waals surface area contributed by atoms with Gasteiger partial charge in [-0.25, -0.2) is 0 Å². The molecule has 8 heteroatoms. The molecule has 3 aromatic rings. The topological polar surface area (TPSA) is 96.7 Å². The molecule has 2 heterocycles. The van der Waals surface area contributed by atoms with Gasteiger partial charge < -0.3 is 9.84 Å². The summed E-state index contributed by atoms with van der Waals surface area (Å²) >= 11 is 5.91. The molecular weight excluding hydrogens is 294 g/mol. The van der Waals surface area contributed by atoms with Crippen molar-refractivity contribution in [2.75, 3.05) is 0 Å². The minimum atomic E-state index is -0.296. The lowest BCUT2D eigenvalue weighted by molar-refractivity contribution is 0.0941. The van der Waals surface area contributed by atoms with Gasteiger partial charge in [-0.3, -0.25) is 9.89 Å². The van der Waals surface area contributed by atoms with E-state index in [9.17, 15) is 4.79 Å². The van der Waals surface area contributed by atoms with Crippen LogP contribution < -0.4 is 5.32 Å². The van der Waals surface area contributed by atoms with E-state index < -0.39 is 0 Å². The highest BCUT2D eigenvalue weighted by Gasteiger charge is 2.11. The number of nitrogens with zero attached hydrogens (tertiary/aromatic N) is 3. The van der Waals surface area contributed by atoms with Crippen molar-refractivity contribution in [3.05, 3.63) is 53.1 Å². The van der Waals surface area contributed by atoms with Crippen LogP contribution in [-0.4, -0.2) is 26.2 Å². The number of benzene rings is 1. The molecule has 0 bridgehead atoms. The number of carbonyl (C=O) groups is 1. The van der Waals surface area contributed by atoms with Crippen LogP contribution in [-0.2, 0) is 6.54 Å². The summed E-state index contributed by atoms with van der Waals surface area (Å²) in [5.74, 6) is 0.427. The number of aromatic amines is 1. The number of halogens is 1. The first-order chi connectivity index (χ1) is 10.2. The van der Waals surface area contributed by atoms with E-state index in [0.717, 1.165) is 5.56 Å². The van der Waals surface area contributed by atoms with Crippen molar-refractivity contribution in [3.63, 3.8) is 0 Å². The quantitative estimate of drug-likeness (QED) is 0.769. The number of nitrogens with one attached hydrogen (secondary N) is 2. The average Bonchev–Trinajstić information content (AvgIpc) is 3.16. The maximum atomic E-state index is 11.7. The molecular formula is C13H10ClN5O2. The van der Waals surface area contributed by atoms with Crippen molar-refractivity contribution in [3.8, 4) is 11.4 Å². The van der Waals surface area contributed by atoms with Crippen LogP contribution in [0, 0.1) is 0 Å². The third-order valence-electron chi connectivity index (χ3n) is 2.70. The Kier molecular flexibility index (Phi) is 3.65. The fourth-order valence-electron chi connectivity index (χ4n) is 1.70. The lowest BCUT2D eigenvalue weighted by atomic mass is 10.2. The molecule has 0 saturated heterocycles. The molecule has 0 aliphatic rings. The van der Waals surface area contributed by atoms with Crippen molar-refractivity contribution < 1.29 is 9.32 Å². The van der Waals surface area contributed by atoms with E-state index in [4.69, 9.17) is 16.1 Å². The molecule has 0 atom stereocenters. The molecule has 2 aromatic heterocycles. The molecule has 0 aliphatic heterocycles. The van der Waals surface area contributed by atoms with Gasteiger partial charge in [-0.15, -0.1) is 0 Å². The highest BCUT2D eigenvalue weighted by Crippen LogP contribution is 2.19. The maximum Gasteiger partial charge on any atom is 0.269 e. The van der Waals surface area contributed by atoms with E-state index >= 15 is 0 Å². The van der Waals surface area contributed by atoms with E-state index in [1.807, 2.05) is 6.07 Å². The van der Waals surface area contributed by atoms with E-state index in [0.29, 0.717) is 22.4 Å². The first-order valence-electron chi connectivity index (χ1n) is 6.08. The van der Waals surface area contributed by atoms with Crippen molar-refractivity contribution in [2.45, 2.75) is 6.54 Å². The van der Waals surface area contributed by atoms with Crippen LogP contribution in [0.1, 0.15) is 16.4 Å². The molecule has 106 valence electrons. The van der Waals surface area contributed by atoms with Crippen molar-refractivity contribution >= 4 is 17.5 Å². The second-order valence-electron chi connectivity index (χ2n) is 4.18. The Morgan fingerprint density at radius 3 is 3.05 bits per heavy atom. The van der Waals surface area contributed by atoms with Gasteiger partial charge in [-0.1, -0.05) is 28.9 Å². The predicted molar refractivity (Wildman–Crippen MR) is 74.5 cm³/mol. The van der Waals surface area contributed by atoms with Gasteiger partial charge >= 0.3 is 0 Å². The summed E-state index contributed by atoms with van der Waals surface area (Å²) in [6.07, 6.45) is 1.50. The standard InChI is InChI=1S/C13H10ClN5O2/c14-9-3-1-2-8(6-9)12-17-11(21-19-12)7-15-13(20)10-4-5-16-18-10/h1-6H,7H2,(H,15,20)(H,16,18). The van der Waals surface area contributed by atoms with Gasteiger partial charge in [0.25, 0.3) is 5.91 Å². The highest BCUT2D eigenvalue weighted by molar-refractivity contribution is 6.30. The molecule has 21 heavy (non-hydrogen) atoms. The molecule has 7 nitrogen and oxygen atoms in total. The fourth-order valence-corrected chi connectivity index (χ4v) is 1.90. The summed E-state index contributed by atoms with van der Waals surface area (Å²) in [5, 5.41) is 13.4. The molecule has 0 fully saturated rings. The Labute approximate surface area is 124 Å². The van der Waals surface area contributed by atoms with Crippen LogP contribution in [0.15, 0.2) is 41.1 Å². The number of H-pyrrole nitrogens is 1. The number of hydrogen-bond donors (Lipinski definition) is 2. The van der Waals surface area contributed by atoms with Crippen LogP contribution in [0.4, 0.5) is 0 Å². The monoisotopic (exact) mass is 303 g/mol. The lowest BCUT2D eigenvalue weighted by Gasteiger charge is -1.98. The van der Waals surface area contributed by atoms with E-state index in [2.05, 4.69) is 25.7 Å². The number of amides is 1. The van der Waals surface area contributed by atoms with E-state index in [1.165, 1.54) is 6.20 Å². The smallest absolute Gasteiger partial charge is 0.269 e. The molecule has 0 aliphatic carbocycles. The van der Waals surface area contributed by atoms with E-state index in [1.54, 1.807) is 24.3 Å². The lowest BCUT2D eigenvalue weighted by Crippen LogP contribution is -2.23. The molecule has 1 aromatic carbocycles. The summed E-state index contributed by atoms with van der Waals surface area (Å²) in [7, 11) is 0. The summed E-state index contributed by atoms with van der Waals surface area (Å²) in [6, 6.07) is 8.69. The Morgan fingerprint density at radius 2 is 2.29 bits per heavy atom. The summed E-state index contributed by atoms with van der Waals surface area (Å²) < 4.78 is 5.08. The first-order valence-corrected chi connectivity index (χ1v) is 6.46. The van der Waals surface area contributed by atoms with Crippen LogP contribution in [0.25, 0.3) is 11.4 Å². The Morgan fingerprint density at radius 1 is 1.38 bits per heavy atom. The fraction of sp³-hybridized carbons (Fsp3) is 0.0769. The summed E-state index contributed by atoms with van der Waals surface area (Å²) in [4.78, 5) is 15.9. The molecule has 1 amide bonds. The largest absolute Gasteiger partial charge is 0.342 e. The Balaban J connectivity index is 1.67. The molecule has 0 unspecified atom stereocenters.